The SMILES string of the molecule is CC(C)(C)OC(=O)c1cncc(C(=O)NC2CCC(=O)NC2=O)c1. The Kier molecular flexibility index (Phi) is 4.96. The number of esters is 1. The van der Waals surface area contributed by atoms with Gasteiger partial charge in [-0.1, -0.05) is 0 Å². The molecule has 0 radical (unpaired) electrons. The summed E-state index contributed by atoms with van der Waals surface area (Å²) in [4.78, 5) is 50.9. The van der Waals surface area contributed by atoms with Gasteiger partial charge in [0.05, 0.1) is 11.1 Å². The van der Waals surface area contributed by atoms with Crippen LogP contribution in [0.25, 0.3) is 0 Å². The van der Waals surface area contributed by atoms with Crippen molar-refractivity contribution >= 4 is 23.7 Å². The topological polar surface area (TPSA) is 114 Å². The van der Waals surface area contributed by atoms with Gasteiger partial charge < -0.3 is 10.1 Å². The van der Waals surface area contributed by atoms with Gasteiger partial charge in [-0.3, -0.25) is 24.7 Å². The third-order valence-corrected chi connectivity index (χ3v) is 3.18. The summed E-state index contributed by atoms with van der Waals surface area (Å²) < 4.78 is 5.23. The molecule has 1 aliphatic rings. The van der Waals surface area contributed by atoms with E-state index in [2.05, 4.69) is 15.6 Å². The average Bonchev–Trinajstić information content (AvgIpc) is 2.48. The third kappa shape index (κ3) is 4.61. The summed E-state index contributed by atoms with van der Waals surface area (Å²) in [5.74, 6) is -2.05. The highest BCUT2D eigenvalue weighted by atomic mass is 16.6. The maximum absolute atomic E-state index is 12.2. The van der Waals surface area contributed by atoms with Crippen LogP contribution in [0.2, 0.25) is 0 Å². The normalized spacial score (nSPS) is 17.9. The quantitative estimate of drug-likeness (QED) is 0.617. The van der Waals surface area contributed by atoms with Gasteiger partial charge in [-0.05, 0) is 33.3 Å². The van der Waals surface area contributed by atoms with E-state index in [1.807, 2.05) is 0 Å². The number of hydrogen-bond donors (Lipinski definition) is 2. The number of amides is 3. The Bertz CT molecular complexity index is 693. The number of carbonyl (C=O) groups is 4. The van der Waals surface area contributed by atoms with E-state index in [0.717, 1.165) is 0 Å². The molecule has 0 aromatic carbocycles. The fourth-order valence-electron chi connectivity index (χ4n) is 2.09. The van der Waals surface area contributed by atoms with Gasteiger partial charge in [0, 0.05) is 18.8 Å². The molecule has 1 unspecified atom stereocenters. The first-order valence-electron chi connectivity index (χ1n) is 7.48. The van der Waals surface area contributed by atoms with Crippen molar-refractivity contribution in [2.75, 3.05) is 0 Å². The van der Waals surface area contributed by atoms with Crippen molar-refractivity contribution in [1.29, 1.82) is 0 Å². The molecule has 0 spiro atoms. The summed E-state index contributed by atoms with van der Waals surface area (Å²) in [7, 11) is 0. The lowest BCUT2D eigenvalue weighted by molar-refractivity contribution is -0.134. The molecule has 8 heteroatoms. The lowest BCUT2D eigenvalue weighted by Gasteiger charge is -2.22. The minimum absolute atomic E-state index is 0.128. The minimum atomic E-state index is -0.791. The van der Waals surface area contributed by atoms with Crippen LogP contribution in [0.4, 0.5) is 0 Å². The number of ether oxygens (including phenoxy) is 1. The second-order valence-corrected chi connectivity index (χ2v) is 6.44. The summed E-state index contributed by atoms with van der Waals surface area (Å²) in [6.07, 6.45) is 2.98. The molecule has 3 amide bonds. The highest BCUT2D eigenvalue weighted by molar-refractivity contribution is 6.04. The van der Waals surface area contributed by atoms with E-state index < -0.39 is 29.4 Å². The van der Waals surface area contributed by atoms with E-state index >= 15 is 0 Å². The molecule has 24 heavy (non-hydrogen) atoms. The predicted octanol–water partition coefficient (Wildman–Crippen LogP) is 0.572. The summed E-state index contributed by atoms with van der Waals surface area (Å²) in [5, 5.41) is 4.68. The van der Waals surface area contributed by atoms with Crippen LogP contribution in [0.3, 0.4) is 0 Å². The molecule has 0 aliphatic carbocycles. The number of imide groups is 1. The van der Waals surface area contributed by atoms with Gasteiger partial charge >= 0.3 is 5.97 Å². The fourth-order valence-corrected chi connectivity index (χ4v) is 2.09. The Morgan fingerprint density at radius 2 is 1.92 bits per heavy atom. The lowest BCUT2D eigenvalue weighted by atomic mass is 10.1. The summed E-state index contributed by atoms with van der Waals surface area (Å²) in [6.45, 7) is 5.20. The number of carbonyl (C=O) groups excluding carboxylic acids is 4. The molecule has 1 saturated heterocycles. The summed E-state index contributed by atoms with van der Waals surface area (Å²) in [5.41, 5.74) is -0.397. The summed E-state index contributed by atoms with van der Waals surface area (Å²) in [6, 6.07) is 0.558. The van der Waals surface area contributed by atoms with Crippen molar-refractivity contribution < 1.29 is 23.9 Å². The van der Waals surface area contributed by atoms with Crippen molar-refractivity contribution in [3.05, 3.63) is 29.6 Å². The first kappa shape index (κ1) is 17.6. The number of pyridine rings is 1. The van der Waals surface area contributed by atoms with Gasteiger partial charge in [0.2, 0.25) is 11.8 Å². The van der Waals surface area contributed by atoms with Crippen molar-refractivity contribution in [2.24, 2.45) is 0 Å². The van der Waals surface area contributed by atoms with Gasteiger partial charge in [0.25, 0.3) is 5.91 Å². The van der Waals surface area contributed by atoms with E-state index in [9.17, 15) is 19.2 Å². The van der Waals surface area contributed by atoms with Crippen molar-refractivity contribution in [1.82, 2.24) is 15.6 Å². The fraction of sp³-hybridized carbons (Fsp3) is 0.438. The van der Waals surface area contributed by atoms with Crippen LogP contribution in [0, 0.1) is 0 Å². The molecule has 1 aromatic heterocycles. The molecule has 2 N–H and O–H groups in total. The molecule has 2 heterocycles. The van der Waals surface area contributed by atoms with Gasteiger partial charge in [0.1, 0.15) is 11.6 Å². The minimum Gasteiger partial charge on any atom is -0.456 e. The van der Waals surface area contributed by atoms with Crippen LogP contribution < -0.4 is 10.6 Å². The number of hydrogen-bond acceptors (Lipinski definition) is 6. The van der Waals surface area contributed by atoms with Crippen LogP contribution in [-0.4, -0.2) is 40.3 Å². The van der Waals surface area contributed by atoms with Crippen molar-refractivity contribution in [2.45, 2.75) is 45.3 Å². The Labute approximate surface area is 139 Å². The standard InChI is InChI=1S/C16H19N3O5/c1-16(2,3)24-15(23)10-6-9(7-17-8-10)13(21)18-11-4-5-12(20)19-14(11)22/h6-8,11H,4-5H2,1-3H3,(H,18,21)(H,19,20,22). The predicted molar refractivity (Wildman–Crippen MR) is 83.0 cm³/mol. The van der Waals surface area contributed by atoms with E-state index in [0.29, 0.717) is 0 Å². The molecule has 0 saturated carbocycles. The Morgan fingerprint density at radius 1 is 1.25 bits per heavy atom. The second kappa shape index (κ2) is 6.77. The Morgan fingerprint density at radius 3 is 2.54 bits per heavy atom. The first-order valence-corrected chi connectivity index (χ1v) is 7.48. The average molecular weight is 333 g/mol. The highest BCUT2D eigenvalue weighted by Crippen LogP contribution is 2.13. The zero-order valence-corrected chi connectivity index (χ0v) is 13.7. The number of piperidine rings is 1. The maximum atomic E-state index is 12.2. The van der Waals surface area contributed by atoms with Gasteiger partial charge in [-0.15, -0.1) is 0 Å². The van der Waals surface area contributed by atoms with Crippen LogP contribution in [0.15, 0.2) is 18.5 Å². The molecule has 1 aromatic rings. The molecule has 8 nitrogen and oxygen atoms in total. The number of nitrogens with zero attached hydrogens (tertiary/aromatic N) is 1. The third-order valence-electron chi connectivity index (χ3n) is 3.18. The van der Waals surface area contributed by atoms with E-state index in [-0.39, 0.29) is 29.9 Å². The van der Waals surface area contributed by atoms with Crippen LogP contribution in [0.1, 0.15) is 54.3 Å². The van der Waals surface area contributed by atoms with Crippen molar-refractivity contribution in [3.63, 3.8) is 0 Å². The largest absolute Gasteiger partial charge is 0.456 e. The Balaban J connectivity index is 2.08. The first-order chi connectivity index (χ1) is 11.2. The number of rotatable bonds is 3. The zero-order chi connectivity index (χ0) is 17.9. The molecule has 1 aliphatic heterocycles. The lowest BCUT2D eigenvalue weighted by Crippen LogP contribution is -2.52. The van der Waals surface area contributed by atoms with Crippen molar-refractivity contribution in [3.8, 4) is 0 Å². The highest BCUT2D eigenvalue weighted by Gasteiger charge is 2.28. The van der Waals surface area contributed by atoms with Crippen LogP contribution in [0.5, 0.6) is 0 Å². The zero-order valence-electron chi connectivity index (χ0n) is 13.7. The van der Waals surface area contributed by atoms with E-state index in [1.165, 1.54) is 18.5 Å². The molecule has 128 valence electrons. The molecule has 0 bridgehead atoms. The van der Waals surface area contributed by atoms with Gasteiger partial charge in [0.15, 0.2) is 0 Å². The van der Waals surface area contributed by atoms with Gasteiger partial charge in [-0.2, -0.15) is 0 Å². The second-order valence-electron chi connectivity index (χ2n) is 6.44. The smallest absolute Gasteiger partial charge is 0.340 e. The number of nitrogens with one attached hydrogen (secondary N) is 2. The Hall–Kier alpha value is -2.77. The molecule has 1 atom stereocenters. The molecule has 2 rings (SSSR count). The monoisotopic (exact) mass is 333 g/mol. The molecular weight excluding hydrogens is 314 g/mol. The van der Waals surface area contributed by atoms with Crippen LogP contribution >= 0.6 is 0 Å². The van der Waals surface area contributed by atoms with E-state index in [4.69, 9.17) is 4.74 Å². The maximum Gasteiger partial charge on any atom is 0.340 e. The van der Waals surface area contributed by atoms with Gasteiger partial charge in [-0.25, -0.2) is 4.79 Å². The molecular formula is C16H19N3O5. The number of aromatic nitrogens is 1. The van der Waals surface area contributed by atoms with Crippen LogP contribution in [-0.2, 0) is 14.3 Å². The summed E-state index contributed by atoms with van der Waals surface area (Å²) >= 11 is 0. The van der Waals surface area contributed by atoms with E-state index in [1.54, 1.807) is 20.8 Å². The molecule has 1 fully saturated rings.